The summed E-state index contributed by atoms with van der Waals surface area (Å²) in [4.78, 5) is 11.1. The smallest absolute Gasteiger partial charge is 0.259 e. The Morgan fingerprint density at radius 1 is 1.11 bits per heavy atom. The fraction of sp³-hybridized carbons (Fsp3) is 0.0714. The Kier molecular flexibility index (Phi) is 3.95. The summed E-state index contributed by atoms with van der Waals surface area (Å²) in [5, 5.41) is -0.865. The molecule has 0 spiro atoms. The zero-order chi connectivity index (χ0) is 13.0. The molecule has 0 N–H and O–H groups in total. The fourth-order valence-electron chi connectivity index (χ4n) is 1.55. The first kappa shape index (κ1) is 12.6. The van der Waals surface area contributed by atoms with Gasteiger partial charge in [0, 0.05) is 0 Å². The topological polar surface area (TPSA) is 26.3 Å². The summed E-state index contributed by atoms with van der Waals surface area (Å²) in [6.07, 6.45) is 0. The molecule has 0 heterocycles. The first-order valence-electron chi connectivity index (χ1n) is 5.33. The van der Waals surface area contributed by atoms with E-state index >= 15 is 0 Å². The Bertz CT molecular complexity index is 555. The number of rotatable bonds is 4. The zero-order valence-corrected chi connectivity index (χ0v) is 10.2. The standard InChI is InChI=1S/C14H10ClFO2/c15-14(17)13-11(16)7-4-8-12(13)18-9-10-5-2-1-3-6-10/h1-8H,9H2. The summed E-state index contributed by atoms with van der Waals surface area (Å²) in [6.45, 7) is 0.251. The molecule has 18 heavy (non-hydrogen) atoms. The summed E-state index contributed by atoms with van der Waals surface area (Å²) in [5.74, 6) is -0.528. The van der Waals surface area contributed by atoms with Gasteiger partial charge in [-0.15, -0.1) is 0 Å². The highest BCUT2D eigenvalue weighted by Gasteiger charge is 2.15. The molecule has 4 heteroatoms. The maximum absolute atomic E-state index is 13.4. The molecular weight excluding hydrogens is 255 g/mol. The molecular formula is C14H10ClFO2. The van der Waals surface area contributed by atoms with Crippen LogP contribution in [0.5, 0.6) is 5.75 Å². The molecule has 2 aromatic carbocycles. The van der Waals surface area contributed by atoms with Gasteiger partial charge in [0.25, 0.3) is 5.24 Å². The summed E-state index contributed by atoms with van der Waals surface area (Å²) >= 11 is 5.34. The fourth-order valence-corrected chi connectivity index (χ4v) is 1.73. The molecule has 2 rings (SSSR count). The summed E-state index contributed by atoms with van der Waals surface area (Å²) < 4.78 is 18.9. The Labute approximate surface area is 109 Å². The minimum absolute atomic E-state index is 0.152. The largest absolute Gasteiger partial charge is 0.488 e. The van der Waals surface area contributed by atoms with Gasteiger partial charge < -0.3 is 4.74 Å². The third-order valence-corrected chi connectivity index (χ3v) is 2.60. The van der Waals surface area contributed by atoms with Crippen LogP contribution in [0.4, 0.5) is 4.39 Å². The van der Waals surface area contributed by atoms with E-state index in [9.17, 15) is 9.18 Å². The van der Waals surface area contributed by atoms with E-state index in [1.807, 2.05) is 30.3 Å². The number of carbonyl (C=O) groups excluding carboxylic acids is 1. The minimum atomic E-state index is -0.865. The van der Waals surface area contributed by atoms with Crippen molar-refractivity contribution in [1.82, 2.24) is 0 Å². The van der Waals surface area contributed by atoms with Crippen LogP contribution in [0.25, 0.3) is 0 Å². The lowest BCUT2D eigenvalue weighted by atomic mass is 10.2. The van der Waals surface area contributed by atoms with Gasteiger partial charge in [-0.1, -0.05) is 36.4 Å². The minimum Gasteiger partial charge on any atom is -0.488 e. The van der Waals surface area contributed by atoms with Crippen LogP contribution in [0.1, 0.15) is 15.9 Å². The van der Waals surface area contributed by atoms with Crippen LogP contribution >= 0.6 is 11.6 Å². The van der Waals surface area contributed by atoms with Crippen molar-refractivity contribution in [2.45, 2.75) is 6.61 Å². The summed E-state index contributed by atoms with van der Waals surface area (Å²) in [7, 11) is 0. The number of benzene rings is 2. The lowest BCUT2D eigenvalue weighted by Gasteiger charge is -2.09. The number of ether oxygens (including phenoxy) is 1. The van der Waals surface area contributed by atoms with E-state index in [-0.39, 0.29) is 17.9 Å². The third-order valence-electron chi connectivity index (χ3n) is 2.41. The average Bonchev–Trinajstić information content (AvgIpc) is 2.37. The molecule has 0 saturated carbocycles. The van der Waals surface area contributed by atoms with Gasteiger partial charge in [-0.25, -0.2) is 4.39 Å². The average molecular weight is 265 g/mol. The first-order chi connectivity index (χ1) is 8.68. The predicted octanol–water partition coefficient (Wildman–Crippen LogP) is 3.78. The molecule has 0 atom stereocenters. The molecule has 0 unspecified atom stereocenters. The summed E-state index contributed by atoms with van der Waals surface area (Å²) in [5.41, 5.74) is 0.699. The number of carbonyl (C=O) groups is 1. The molecule has 0 bridgehead atoms. The molecule has 92 valence electrons. The molecule has 0 aromatic heterocycles. The molecule has 2 nitrogen and oxygen atoms in total. The maximum Gasteiger partial charge on any atom is 0.259 e. The van der Waals surface area contributed by atoms with Crippen LogP contribution in [0, 0.1) is 5.82 Å². The van der Waals surface area contributed by atoms with Gasteiger partial charge in [-0.2, -0.15) is 0 Å². The van der Waals surface area contributed by atoms with E-state index in [2.05, 4.69) is 0 Å². The predicted molar refractivity (Wildman–Crippen MR) is 67.4 cm³/mol. The Hall–Kier alpha value is -1.87. The van der Waals surface area contributed by atoms with Crippen LogP contribution in [-0.4, -0.2) is 5.24 Å². The Balaban J connectivity index is 2.20. The monoisotopic (exact) mass is 264 g/mol. The molecule has 0 aliphatic heterocycles. The van der Waals surface area contributed by atoms with Crippen molar-refractivity contribution in [1.29, 1.82) is 0 Å². The highest BCUT2D eigenvalue weighted by atomic mass is 35.5. The van der Waals surface area contributed by atoms with Gasteiger partial charge in [0.1, 0.15) is 23.7 Å². The van der Waals surface area contributed by atoms with Crippen molar-refractivity contribution in [3.05, 3.63) is 65.5 Å². The van der Waals surface area contributed by atoms with Crippen LogP contribution in [0.3, 0.4) is 0 Å². The second-order valence-electron chi connectivity index (χ2n) is 3.66. The van der Waals surface area contributed by atoms with Gasteiger partial charge in [0.05, 0.1) is 0 Å². The van der Waals surface area contributed by atoms with Crippen molar-refractivity contribution in [3.8, 4) is 5.75 Å². The van der Waals surface area contributed by atoms with E-state index in [1.165, 1.54) is 18.2 Å². The molecule has 2 aromatic rings. The van der Waals surface area contributed by atoms with Crippen molar-refractivity contribution >= 4 is 16.8 Å². The van der Waals surface area contributed by atoms with E-state index in [0.29, 0.717) is 0 Å². The van der Waals surface area contributed by atoms with Crippen LogP contribution in [0.2, 0.25) is 0 Å². The van der Waals surface area contributed by atoms with Gasteiger partial charge >= 0.3 is 0 Å². The van der Waals surface area contributed by atoms with E-state index in [4.69, 9.17) is 16.3 Å². The molecule has 0 amide bonds. The summed E-state index contributed by atoms with van der Waals surface area (Å²) in [6, 6.07) is 13.5. The molecule has 0 radical (unpaired) electrons. The Morgan fingerprint density at radius 2 is 1.83 bits per heavy atom. The number of hydrogen-bond acceptors (Lipinski definition) is 2. The van der Waals surface area contributed by atoms with Gasteiger partial charge in [0.2, 0.25) is 0 Å². The maximum atomic E-state index is 13.4. The molecule has 0 saturated heterocycles. The third kappa shape index (κ3) is 2.87. The van der Waals surface area contributed by atoms with E-state index in [0.717, 1.165) is 5.56 Å². The highest BCUT2D eigenvalue weighted by Crippen LogP contribution is 2.24. The second-order valence-corrected chi connectivity index (χ2v) is 4.00. The zero-order valence-electron chi connectivity index (χ0n) is 9.40. The normalized spacial score (nSPS) is 10.1. The SMILES string of the molecule is O=C(Cl)c1c(F)cccc1OCc1ccccc1. The first-order valence-corrected chi connectivity index (χ1v) is 5.71. The van der Waals surface area contributed by atoms with Crippen molar-refractivity contribution in [3.63, 3.8) is 0 Å². The lowest BCUT2D eigenvalue weighted by Crippen LogP contribution is -2.02. The highest BCUT2D eigenvalue weighted by molar-refractivity contribution is 6.68. The molecule has 0 aliphatic rings. The Morgan fingerprint density at radius 3 is 2.50 bits per heavy atom. The molecule has 0 fully saturated rings. The van der Waals surface area contributed by atoms with Crippen molar-refractivity contribution in [2.24, 2.45) is 0 Å². The van der Waals surface area contributed by atoms with Crippen LogP contribution < -0.4 is 4.74 Å². The van der Waals surface area contributed by atoms with Crippen molar-refractivity contribution < 1.29 is 13.9 Å². The van der Waals surface area contributed by atoms with E-state index in [1.54, 1.807) is 0 Å². The van der Waals surface area contributed by atoms with Gasteiger partial charge in [-0.05, 0) is 29.3 Å². The van der Waals surface area contributed by atoms with Crippen LogP contribution in [-0.2, 0) is 6.61 Å². The quantitative estimate of drug-likeness (QED) is 0.786. The lowest BCUT2D eigenvalue weighted by molar-refractivity contribution is 0.107. The van der Waals surface area contributed by atoms with Crippen molar-refractivity contribution in [2.75, 3.05) is 0 Å². The number of hydrogen-bond donors (Lipinski definition) is 0. The second kappa shape index (κ2) is 5.65. The van der Waals surface area contributed by atoms with E-state index < -0.39 is 11.1 Å². The van der Waals surface area contributed by atoms with Gasteiger partial charge in [0.15, 0.2) is 0 Å². The number of halogens is 2. The van der Waals surface area contributed by atoms with Crippen LogP contribution in [0.15, 0.2) is 48.5 Å². The molecule has 0 aliphatic carbocycles. The van der Waals surface area contributed by atoms with Gasteiger partial charge in [-0.3, -0.25) is 4.79 Å².